The molecule has 0 saturated carbocycles. The zero-order valence-corrected chi connectivity index (χ0v) is 10.5. The van der Waals surface area contributed by atoms with Gasteiger partial charge in [-0.25, -0.2) is 4.79 Å². The largest absolute Gasteiger partial charge is 0.481 e. The normalized spacial score (nSPS) is 13.0. The van der Waals surface area contributed by atoms with Gasteiger partial charge in [-0.2, -0.15) is 0 Å². The molecule has 0 aromatic carbocycles. The number of amides is 2. The minimum absolute atomic E-state index is 0.0123. The van der Waals surface area contributed by atoms with E-state index in [9.17, 15) is 9.59 Å². The first kappa shape index (κ1) is 14.7. The van der Waals surface area contributed by atoms with Crippen molar-refractivity contribution in [3.63, 3.8) is 0 Å². The van der Waals surface area contributed by atoms with Crippen LogP contribution >= 0.6 is 0 Å². The first-order chi connectivity index (χ1) is 7.23. The molecular formula is C11H22N2O3. The fourth-order valence-corrected chi connectivity index (χ4v) is 0.906. The van der Waals surface area contributed by atoms with Gasteiger partial charge in [0.15, 0.2) is 0 Å². The first-order valence-electron chi connectivity index (χ1n) is 5.49. The van der Waals surface area contributed by atoms with E-state index in [0.717, 1.165) is 0 Å². The number of aliphatic carboxylic acids is 1. The molecule has 0 aromatic heterocycles. The Bertz CT molecular complexity index is 246. The number of carboxylic acid groups (broad SMARTS) is 1. The highest BCUT2D eigenvalue weighted by molar-refractivity contribution is 5.74. The van der Waals surface area contributed by atoms with Crippen LogP contribution in [0.25, 0.3) is 0 Å². The van der Waals surface area contributed by atoms with Crippen LogP contribution in [-0.2, 0) is 4.79 Å². The standard InChI is InChI=1S/C11H22N2O3/c1-8(11(2,3)4)13-10(16)12-7-5-6-9(14)15/h8H,5-7H2,1-4H3,(H,14,15)(H2,12,13,16). The molecule has 0 aromatic rings. The Labute approximate surface area is 96.6 Å². The van der Waals surface area contributed by atoms with E-state index in [1.165, 1.54) is 0 Å². The van der Waals surface area contributed by atoms with Crippen molar-refractivity contribution in [3.05, 3.63) is 0 Å². The van der Waals surface area contributed by atoms with Gasteiger partial charge in [-0.3, -0.25) is 4.79 Å². The minimum Gasteiger partial charge on any atom is -0.481 e. The van der Waals surface area contributed by atoms with E-state index in [1.54, 1.807) is 0 Å². The summed E-state index contributed by atoms with van der Waals surface area (Å²) in [6, 6.07) is -0.181. The molecule has 0 aliphatic heterocycles. The van der Waals surface area contributed by atoms with Gasteiger partial charge in [-0.15, -0.1) is 0 Å². The molecule has 0 radical (unpaired) electrons. The fourth-order valence-electron chi connectivity index (χ4n) is 0.906. The Morgan fingerprint density at radius 1 is 1.31 bits per heavy atom. The van der Waals surface area contributed by atoms with Crippen LogP contribution in [0.4, 0.5) is 4.79 Å². The van der Waals surface area contributed by atoms with Gasteiger partial charge in [0.25, 0.3) is 0 Å². The third-order valence-corrected chi connectivity index (χ3v) is 2.50. The highest BCUT2D eigenvalue weighted by Crippen LogP contribution is 2.18. The van der Waals surface area contributed by atoms with Gasteiger partial charge in [0, 0.05) is 19.0 Å². The van der Waals surface area contributed by atoms with Gasteiger partial charge in [-0.05, 0) is 18.8 Å². The molecule has 0 fully saturated rings. The van der Waals surface area contributed by atoms with E-state index >= 15 is 0 Å². The van der Waals surface area contributed by atoms with Crippen molar-refractivity contribution < 1.29 is 14.7 Å². The van der Waals surface area contributed by atoms with E-state index < -0.39 is 5.97 Å². The lowest BCUT2D eigenvalue weighted by Gasteiger charge is -2.28. The van der Waals surface area contributed by atoms with Crippen molar-refractivity contribution in [1.82, 2.24) is 10.6 Å². The zero-order chi connectivity index (χ0) is 12.8. The molecule has 16 heavy (non-hydrogen) atoms. The number of carbonyl (C=O) groups is 2. The molecule has 0 bridgehead atoms. The van der Waals surface area contributed by atoms with Crippen molar-refractivity contribution in [2.75, 3.05) is 6.54 Å². The van der Waals surface area contributed by atoms with Gasteiger partial charge in [0.1, 0.15) is 0 Å². The van der Waals surface area contributed by atoms with Crippen molar-refractivity contribution in [2.45, 2.75) is 46.6 Å². The molecule has 0 aliphatic carbocycles. The molecule has 0 spiro atoms. The zero-order valence-electron chi connectivity index (χ0n) is 10.5. The van der Waals surface area contributed by atoms with Gasteiger partial charge in [0.05, 0.1) is 0 Å². The average molecular weight is 230 g/mol. The SMILES string of the molecule is CC(NC(=O)NCCCC(=O)O)C(C)(C)C. The second kappa shape index (κ2) is 6.35. The third-order valence-electron chi connectivity index (χ3n) is 2.50. The maximum Gasteiger partial charge on any atom is 0.315 e. The van der Waals surface area contributed by atoms with E-state index in [2.05, 4.69) is 10.6 Å². The van der Waals surface area contributed by atoms with Crippen LogP contribution in [0.3, 0.4) is 0 Å². The summed E-state index contributed by atoms with van der Waals surface area (Å²) in [5.74, 6) is -0.842. The van der Waals surface area contributed by atoms with Gasteiger partial charge < -0.3 is 15.7 Å². The number of rotatable bonds is 5. The molecule has 0 heterocycles. The summed E-state index contributed by atoms with van der Waals surface area (Å²) in [6.07, 6.45) is 0.530. The van der Waals surface area contributed by atoms with Crippen molar-refractivity contribution in [1.29, 1.82) is 0 Å². The number of hydrogen-bond donors (Lipinski definition) is 3. The van der Waals surface area contributed by atoms with Crippen LogP contribution < -0.4 is 10.6 Å². The Hall–Kier alpha value is -1.26. The molecule has 1 atom stereocenters. The summed E-state index contributed by atoms with van der Waals surface area (Å²) in [6.45, 7) is 8.46. The fraction of sp³-hybridized carbons (Fsp3) is 0.818. The number of carboxylic acids is 1. The van der Waals surface area contributed by atoms with Gasteiger partial charge >= 0.3 is 12.0 Å². The lowest BCUT2D eigenvalue weighted by atomic mass is 9.88. The van der Waals surface area contributed by atoms with Crippen molar-refractivity contribution in [3.8, 4) is 0 Å². The van der Waals surface area contributed by atoms with Crippen molar-refractivity contribution in [2.24, 2.45) is 5.41 Å². The van der Waals surface area contributed by atoms with E-state index in [0.29, 0.717) is 13.0 Å². The lowest BCUT2D eigenvalue weighted by molar-refractivity contribution is -0.137. The summed E-state index contributed by atoms with van der Waals surface area (Å²) < 4.78 is 0. The van der Waals surface area contributed by atoms with E-state index in [1.807, 2.05) is 27.7 Å². The molecule has 2 amide bonds. The van der Waals surface area contributed by atoms with Gasteiger partial charge in [0.2, 0.25) is 0 Å². The smallest absolute Gasteiger partial charge is 0.315 e. The molecule has 5 heteroatoms. The Kier molecular flexibility index (Phi) is 5.85. The molecule has 0 aliphatic rings. The molecule has 0 rings (SSSR count). The van der Waals surface area contributed by atoms with E-state index in [-0.39, 0.29) is 23.9 Å². The second-order valence-corrected chi connectivity index (χ2v) is 4.99. The topological polar surface area (TPSA) is 78.4 Å². The second-order valence-electron chi connectivity index (χ2n) is 4.99. The molecule has 1 unspecified atom stereocenters. The van der Waals surface area contributed by atoms with Gasteiger partial charge in [-0.1, -0.05) is 20.8 Å². The van der Waals surface area contributed by atoms with Crippen LogP contribution in [-0.4, -0.2) is 29.7 Å². The molecule has 3 N–H and O–H groups in total. The summed E-state index contributed by atoms with van der Waals surface area (Å²) in [5.41, 5.74) is 0.0123. The molecular weight excluding hydrogens is 208 g/mol. The molecule has 5 nitrogen and oxygen atoms in total. The first-order valence-corrected chi connectivity index (χ1v) is 5.49. The summed E-state index contributed by atoms with van der Waals surface area (Å²) in [5, 5.41) is 13.8. The maximum absolute atomic E-state index is 11.4. The monoisotopic (exact) mass is 230 g/mol. The van der Waals surface area contributed by atoms with Crippen LogP contribution in [0.5, 0.6) is 0 Å². The summed E-state index contributed by atoms with van der Waals surface area (Å²) in [7, 11) is 0. The minimum atomic E-state index is -0.842. The predicted molar refractivity (Wildman–Crippen MR) is 62.3 cm³/mol. The summed E-state index contributed by atoms with van der Waals surface area (Å²) in [4.78, 5) is 21.6. The van der Waals surface area contributed by atoms with Crippen LogP contribution in [0.15, 0.2) is 0 Å². The van der Waals surface area contributed by atoms with Crippen LogP contribution in [0.1, 0.15) is 40.5 Å². The van der Waals surface area contributed by atoms with E-state index in [4.69, 9.17) is 5.11 Å². The Morgan fingerprint density at radius 2 is 1.88 bits per heavy atom. The number of carbonyl (C=O) groups excluding carboxylic acids is 1. The predicted octanol–water partition coefficient (Wildman–Crippen LogP) is 1.58. The number of nitrogens with one attached hydrogen (secondary N) is 2. The quantitative estimate of drug-likeness (QED) is 0.627. The summed E-state index contributed by atoms with van der Waals surface area (Å²) >= 11 is 0. The van der Waals surface area contributed by atoms with Crippen molar-refractivity contribution >= 4 is 12.0 Å². The van der Waals surface area contributed by atoms with Crippen LogP contribution in [0, 0.1) is 5.41 Å². The maximum atomic E-state index is 11.4. The average Bonchev–Trinajstić information content (AvgIpc) is 2.10. The third kappa shape index (κ3) is 7.09. The molecule has 0 saturated heterocycles. The highest BCUT2D eigenvalue weighted by Gasteiger charge is 2.21. The molecule has 94 valence electrons. The Balaban J connectivity index is 3.71. The highest BCUT2D eigenvalue weighted by atomic mass is 16.4. The number of hydrogen-bond acceptors (Lipinski definition) is 2. The number of urea groups is 1. The lowest BCUT2D eigenvalue weighted by Crippen LogP contribution is -2.46. The Morgan fingerprint density at radius 3 is 2.31 bits per heavy atom. The van der Waals surface area contributed by atoms with Crippen LogP contribution in [0.2, 0.25) is 0 Å².